The van der Waals surface area contributed by atoms with Crippen molar-refractivity contribution in [2.75, 3.05) is 37.6 Å². The maximum Gasteiger partial charge on any atom is 0.140 e. The molecule has 20 heavy (non-hydrogen) atoms. The van der Waals surface area contributed by atoms with Gasteiger partial charge in [0.05, 0.1) is 12.2 Å². The lowest BCUT2D eigenvalue weighted by molar-refractivity contribution is 0.281. The first-order valence-corrected chi connectivity index (χ1v) is 7.63. The Morgan fingerprint density at radius 2 is 1.80 bits per heavy atom. The first-order valence-electron chi connectivity index (χ1n) is 7.25. The summed E-state index contributed by atoms with van der Waals surface area (Å²) in [5.74, 6) is 0.745. The smallest absolute Gasteiger partial charge is 0.140 e. The van der Waals surface area contributed by atoms with Gasteiger partial charge in [-0.3, -0.25) is 0 Å². The zero-order chi connectivity index (χ0) is 15.0. The second-order valence-corrected chi connectivity index (χ2v) is 4.94. The molecule has 0 aliphatic rings. The highest BCUT2D eigenvalue weighted by Gasteiger charge is 2.14. The minimum atomic E-state index is -0.137. The van der Waals surface area contributed by atoms with E-state index in [0.29, 0.717) is 10.7 Å². The van der Waals surface area contributed by atoms with Gasteiger partial charge in [0.25, 0.3) is 0 Å². The van der Waals surface area contributed by atoms with E-state index in [4.69, 9.17) is 11.6 Å². The molecule has 0 aromatic carbocycles. The van der Waals surface area contributed by atoms with E-state index in [1.165, 1.54) is 6.33 Å². The van der Waals surface area contributed by atoms with Crippen LogP contribution in [0, 0.1) is 0 Å². The number of hydrogen-bond donors (Lipinski definition) is 1. The lowest BCUT2D eigenvalue weighted by Crippen LogP contribution is -2.31. The van der Waals surface area contributed by atoms with Crippen LogP contribution in [0.4, 0.5) is 5.82 Å². The van der Waals surface area contributed by atoms with Gasteiger partial charge in [-0.05, 0) is 33.0 Å². The molecular formula is C14H25ClN4O. The number of aliphatic hydroxyl groups excluding tert-OH is 1. The van der Waals surface area contributed by atoms with Crippen molar-refractivity contribution in [3.63, 3.8) is 0 Å². The molecule has 0 atom stereocenters. The number of halogens is 1. The van der Waals surface area contributed by atoms with Crippen LogP contribution in [0.5, 0.6) is 0 Å². The summed E-state index contributed by atoms with van der Waals surface area (Å²) in [5.41, 5.74) is 0.610. The number of rotatable bonds is 9. The summed E-state index contributed by atoms with van der Waals surface area (Å²) in [4.78, 5) is 12.7. The van der Waals surface area contributed by atoms with Crippen LogP contribution < -0.4 is 4.90 Å². The Labute approximate surface area is 126 Å². The highest BCUT2D eigenvalue weighted by atomic mass is 35.5. The summed E-state index contributed by atoms with van der Waals surface area (Å²) in [6, 6.07) is 0. The van der Waals surface area contributed by atoms with Gasteiger partial charge in [0, 0.05) is 13.1 Å². The van der Waals surface area contributed by atoms with E-state index in [2.05, 4.69) is 40.5 Å². The number of aromatic nitrogens is 2. The molecule has 0 saturated heterocycles. The van der Waals surface area contributed by atoms with E-state index >= 15 is 0 Å². The minimum Gasteiger partial charge on any atom is -0.391 e. The van der Waals surface area contributed by atoms with Crippen LogP contribution >= 0.6 is 11.6 Å². The zero-order valence-electron chi connectivity index (χ0n) is 12.6. The average molecular weight is 301 g/mol. The highest BCUT2D eigenvalue weighted by molar-refractivity contribution is 6.30. The maximum atomic E-state index is 9.43. The standard InChI is InChI=1S/C14H25ClN4O/c1-4-18(5-2)8-7-9-19(6-3)14-12(10-20)13(15)16-11-17-14/h11,20H,4-10H2,1-3H3. The molecule has 0 fully saturated rings. The summed E-state index contributed by atoms with van der Waals surface area (Å²) in [7, 11) is 0. The first-order chi connectivity index (χ1) is 9.67. The van der Waals surface area contributed by atoms with Crippen LogP contribution in [0.2, 0.25) is 5.15 Å². The van der Waals surface area contributed by atoms with Crippen LogP contribution in [0.1, 0.15) is 32.8 Å². The van der Waals surface area contributed by atoms with Gasteiger partial charge in [-0.2, -0.15) is 0 Å². The molecule has 1 heterocycles. The number of nitrogens with zero attached hydrogens (tertiary/aromatic N) is 4. The Morgan fingerprint density at radius 1 is 1.10 bits per heavy atom. The Kier molecular flexibility index (Phi) is 7.80. The number of aliphatic hydroxyl groups is 1. The average Bonchev–Trinajstić information content (AvgIpc) is 2.47. The van der Waals surface area contributed by atoms with Gasteiger partial charge >= 0.3 is 0 Å². The van der Waals surface area contributed by atoms with Crippen molar-refractivity contribution in [1.29, 1.82) is 0 Å². The van der Waals surface area contributed by atoms with Gasteiger partial charge in [0.2, 0.25) is 0 Å². The van der Waals surface area contributed by atoms with E-state index in [1.807, 2.05) is 0 Å². The monoisotopic (exact) mass is 300 g/mol. The summed E-state index contributed by atoms with van der Waals surface area (Å²) in [6.07, 6.45) is 2.51. The van der Waals surface area contributed by atoms with Gasteiger partial charge in [0.1, 0.15) is 17.3 Å². The summed E-state index contributed by atoms with van der Waals surface area (Å²) in [6.45, 7) is 11.2. The SMILES string of the molecule is CCN(CC)CCCN(CC)c1ncnc(Cl)c1CO. The molecule has 1 N–H and O–H groups in total. The van der Waals surface area contributed by atoms with E-state index < -0.39 is 0 Å². The highest BCUT2D eigenvalue weighted by Crippen LogP contribution is 2.23. The Balaban J connectivity index is 2.69. The topological polar surface area (TPSA) is 52.5 Å². The third kappa shape index (κ3) is 4.58. The van der Waals surface area contributed by atoms with E-state index in [9.17, 15) is 5.11 Å². The molecule has 0 spiro atoms. The normalized spacial score (nSPS) is 11.1. The second-order valence-electron chi connectivity index (χ2n) is 4.58. The summed E-state index contributed by atoms with van der Waals surface area (Å²) in [5, 5.41) is 9.77. The summed E-state index contributed by atoms with van der Waals surface area (Å²) < 4.78 is 0. The molecule has 0 saturated carbocycles. The number of anilines is 1. The van der Waals surface area contributed by atoms with Crippen molar-refractivity contribution in [1.82, 2.24) is 14.9 Å². The Bertz CT molecular complexity index is 399. The van der Waals surface area contributed by atoms with Crippen LogP contribution in [-0.4, -0.2) is 52.7 Å². The van der Waals surface area contributed by atoms with Crippen molar-refractivity contribution in [2.24, 2.45) is 0 Å². The fraction of sp³-hybridized carbons (Fsp3) is 0.714. The van der Waals surface area contributed by atoms with E-state index in [1.54, 1.807) is 0 Å². The Morgan fingerprint density at radius 3 is 2.35 bits per heavy atom. The van der Waals surface area contributed by atoms with Crippen molar-refractivity contribution >= 4 is 17.4 Å². The van der Waals surface area contributed by atoms with Gasteiger partial charge in [-0.25, -0.2) is 9.97 Å². The fourth-order valence-electron chi connectivity index (χ4n) is 2.23. The maximum absolute atomic E-state index is 9.43. The van der Waals surface area contributed by atoms with Crippen LogP contribution in [0.3, 0.4) is 0 Å². The van der Waals surface area contributed by atoms with Gasteiger partial charge < -0.3 is 14.9 Å². The van der Waals surface area contributed by atoms with E-state index in [-0.39, 0.29) is 6.61 Å². The number of hydrogen-bond acceptors (Lipinski definition) is 5. The van der Waals surface area contributed by atoms with Crippen LogP contribution in [0.15, 0.2) is 6.33 Å². The quantitative estimate of drug-likeness (QED) is 0.709. The van der Waals surface area contributed by atoms with Crippen molar-refractivity contribution in [3.05, 3.63) is 17.0 Å². The van der Waals surface area contributed by atoms with Crippen molar-refractivity contribution in [3.8, 4) is 0 Å². The van der Waals surface area contributed by atoms with Crippen LogP contribution in [-0.2, 0) is 6.61 Å². The van der Waals surface area contributed by atoms with Crippen molar-refractivity contribution in [2.45, 2.75) is 33.8 Å². The molecule has 0 radical (unpaired) electrons. The third-order valence-corrected chi connectivity index (χ3v) is 3.83. The third-order valence-electron chi connectivity index (χ3n) is 3.51. The fourth-order valence-corrected chi connectivity index (χ4v) is 2.42. The van der Waals surface area contributed by atoms with Gasteiger partial charge in [-0.15, -0.1) is 0 Å². The molecule has 0 amide bonds. The van der Waals surface area contributed by atoms with Crippen LogP contribution in [0.25, 0.3) is 0 Å². The largest absolute Gasteiger partial charge is 0.391 e. The molecule has 114 valence electrons. The Hall–Kier alpha value is -0.910. The first kappa shape index (κ1) is 17.1. The molecule has 0 aliphatic heterocycles. The molecule has 0 aliphatic carbocycles. The molecule has 5 nitrogen and oxygen atoms in total. The van der Waals surface area contributed by atoms with Gasteiger partial charge in [-0.1, -0.05) is 25.4 Å². The molecule has 1 aromatic heterocycles. The molecule has 1 rings (SSSR count). The molecule has 1 aromatic rings. The lowest BCUT2D eigenvalue weighted by atomic mass is 10.2. The minimum absolute atomic E-state index is 0.137. The summed E-state index contributed by atoms with van der Waals surface area (Å²) >= 11 is 6.01. The predicted octanol–water partition coefficient (Wildman–Crippen LogP) is 2.18. The van der Waals surface area contributed by atoms with Crippen molar-refractivity contribution < 1.29 is 5.11 Å². The van der Waals surface area contributed by atoms with E-state index in [0.717, 1.165) is 45.0 Å². The lowest BCUT2D eigenvalue weighted by Gasteiger charge is -2.25. The molecule has 0 bridgehead atoms. The van der Waals surface area contributed by atoms with Gasteiger partial charge in [0.15, 0.2) is 0 Å². The zero-order valence-corrected chi connectivity index (χ0v) is 13.4. The second kappa shape index (κ2) is 9.10. The predicted molar refractivity (Wildman–Crippen MR) is 83.3 cm³/mol. The molecular weight excluding hydrogens is 276 g/mol. The molecule has 6 heteroatoms. The molecule has 0 unspecified atom stereocenters.